The monoisotopic (exact) mass is 258 g/mol. The van der Waals surface area contributed by atoms with Gasteiger partial charge in [-0.15, -0.1) is 10.2 Å². The first kappa shape index (κ1) is 12.8. The summed E-state index contributed by atoms with van der Waals surface area (Å²) in [6.07, 6.45) is 0. The Hall–Kier alpha value is -2.63. The number of carbonyl (C=O) groups is 1. The van der Waals surface area contributed by atoms with Crippen LogP contribution < -0.4 is 15.4 Å². The molecular weight excluding hydrogens is 244 g/mol. The van der Waals surface area contributed by atoms with E-state index in [1.54, 1.807) is 36.4 Å². The maximum absolute atomic E-state index is 11.0. The Balaban J connectivity index is 2.22. The Morgan fingerprint density at radius 1 is 1.16 bits per heavy atom. The smallest absolute Gasteiger partial charge is 0.248 e. The van der Waals surface area contributed by atoms with Crippen LogP contribution in [0.1, 0.15) is 10.4 Å². The van der Waals surface area contributed by atoms with Crippen molar-refractivity contribution in [3.63, 3.8) is 0 Å². The summed E-state index contributed by atoms with van der Waals surface area (Å²) >= 11 is 0. The Morgan fingerprint density at radius 3 is 2.32 bits per heavy atom. The van der Waals surface area contributed by atoms with E-state index in [1.807, 2.05) is 11.9 Å². The highest BCUT2D eigenvalue weighted by Gasteiger charge is 2.07. The number of carbonyl (C=O) groups excluding carboxylic acids is 1. The van der Waals surface area contributed by atoms with Crippen molar-refractivity contribution in [1.29, 1.82) is 0 Å². The van der Waals surface area contributed by atoms with Gasteiger partial charge < -0.3 is 15.4 Å². The van der Waals surface area contributed by atoms with E-state index < -0.39 is 5.91 Å². The van der Waals surface area contributed by atoms with Crippen LogP contribution in [0.15, 0.2) is 36.4 Å². The molecule has 6 heteroatoms. The van der Waals surface area contributed by atoms with Gasteiger partial charge in [-0.05, 0) is 30.3 Å². The molecule has 1 aromatic heterocycles. The van der Waals surface area contributed by atoms with Gasteiger partial charge in [0.25, 0.3) is 0 Å². The summed E-state index contributed by atoms with van der Waals surface area (Å²) < 4.78 is 4.95. The summed E-state index contributed by atoms with van der Waals surface area (Å²) in [6, 6.07) is 10.5. The maximum atomic E-state index is 11.0. The number of rotatable bonds is 4. The number of primary amides is 1. The van der Waals surface area contributed by atoms with Gasteiger partial charge in [0, 0.05) is 24.4 Å². The molecule has 0 spiro atoms. The van der Waals surface area contributed by atoms with Crippen molar-refractivity contribution in [2.75, 3.05) is 19.1 Å². The molecule has 1 amide bonds. The van der Waals surface area contributed by atoms with E-state index in [1.165, 1.54) is 7.11 Å². The normalized spacial score (nSPS) is 10.0. The van der Waals surface area contributed by atoms with Crippen LogP contribution in [0.2, 0.25) is 0 Å². The van der Waals surface area contributed by atoms with Gasteiger partial charge in [0.05, 0.1) is 7.11 Å². The molecular formula is C13H14N4O2. The van der Waals surface area contributed by atoms with E-state index in [0.717, 1.165) is 5.69 Å². The number of nitrogens with two attached hydrogens (primary N) is 1. The second-order valence-electron chi connectivity index (χ2n) is 3.90. The van der Waals surface area contributed by atoms with Crippen LogP contribution in [0.25, 0.3) is 0 Å². The van der Waals surface area contributed by atoms with Crippen LogP contribution in [0, 0.1) is 0 Å². The highest BCUT2D eigenvalue weighted by atomic mass is 16.5. The molecule has 1 aromatic carbocycles. The molecule has 0 fully saturated rings. The molecule has 1 heterocycles. The third-order valence-electron chi connectivity index (χ3n) is 2.72. The van der Waals surface area contributed by atoms with E-state index in [-0.39, 0.29) is 0 Å². The van der Waals surface area contributed by atoms with Gasteiger partial charge in [-0.2, -0.15) is 0 Å². The molecule has 98 valence electrons. The number of nitrogens with zero attached hydrogens (tertiary/aromatic N) is 3. The lowest BCUT2D eigenvalue weighted by atomic mass is 10.2. The molecule has 2 rings (SSSR count). The minimum Gasteiger partial charge on any atom is -0.480 e. The predicted molar refractivity (Wildman–Crippen MR) is 71.6 cm³/mol. The number of ether oxygens (including phenoxy) is 1. The van der Waals surface area contributed by atoms with E-state index in [9.17, 15) is 4.79 Å². The minimum atomic E-state index is -0.446. The molecule has 0 radical (unpaired) electrons. The predicted octanol–water partition coefficient (Wildman–Crippen LogP) is 1.35. The van der Waals surface area contributed by atoms with Crippen LogP contribution >= 0.6 is 0 Å². The first-order valence-corrected chi connectivity index (χ1v) is 5.63. The molecule has 0 aliphatic carbocycles. The zero-order valence-corrected chi connectivity index (χ0v) is 10.7. The number of benzene rings is 1. The van der Waals surface area contributed by atoms with Crippen molar-refractivity contribution >= 4 is 17.4 Å². The molecule has 0 saturated heterocycles. The first-order chi connectivity index (χ1) is 9.11. The highest BCUT2D eigenvalue weighted by molar-refractivity contribution is 5.93. The van der Waals surface area contributed by atoms with Gasteiger partial charge in [-0.25, -0.2) is 0 Å². The summed E-state index contributed by atoms with van der Waals surface area (Å²) in [4.78, 5) is 12.8. The zero-order chi connectivity index (χ0) is 13.8. The molecule has 0 aliphatic heterocycles. The molecule has 19 heavy (non-hydrogen) atoms. The van der Waals surface area contributed by atoms with E-state index in [4.69, 9.17) is 10.5 Å². The fourth-order valence-electron chi connectivity index (χ4n) is 1.58. The summed E-state index contributed by atoms with van der Waals surface area (Å²) in [7, 11) is 3.39. The van der Waals surface area contributed by atoms with Crippen LogP contribution in [0.5, 0.6) is 5.88 Å². The van der Waals surface area contributed by atoms with Crippen LogP contribution in [-0.2, 0) is 0 Å². The quantitative estimate of drug-likeness (QED) is 0.895. The van der Waals surface area contributed by atoms with E-state index >= 15 is 0 Å². The zero-order valence-electron chi connectivity index (χ0n) is 10.7. The summed E-state index contributed by atoms with van der Waals surface area (Å²) in [5.41, 5.74) is 6.54. The van der Waals surface area contributed by atoms with Gasteiger partial charge in [0.2, 0.25) is 11.8 Å². The van der Waals surface area contributed by atoms with Crippen molar-refractivity contribution in [1.82, 2.24) is 10.2 Å². The molecule has 0 saturated carbocycles. The van der Waals surface area contributed by atoms with E-state index in [2.05, 4.69) is 10.2 Å². The summed E-state index contributed by atoms with van der Waals surface area (Å²) in [5, 5.41) is 7.94. The van der Waals surface area contributed by atoms with Gasteiger partial charge in [0.1, 0.15) is 0 Å². The average molecular weight is 258 g/mol. The number of hydrogen-bond acceptors (Lipinski definition) is 5. The van der Waals surface area contributed by atoms with Gasteiger partial charge >= 0.3 is 0 Å². The average Bonchev–Trinajstić information content (AvgIpc) is 2.46. The van der Waals surface area contributed by atoms with Crippen LogP contribution in [-0.4, -0.2) is 30.3 Å². The van der Waals surface area contributed by atoms with Crippen molar-refractivity contribution in [3.05, 3.63) is 42.0 Å². The Labute approximate surface area is 110 Å². The molecule has 6 nitrogen and oxygen atoms in total. The SMILES string of the molecule is COc1ccc(N(C)c2ccc(C(N)=O)cc2)nn1. The van der Waals surface area contributed by atoms with Crippen molar-refractivity contribution in [2.24, 2.45) is 5.73 Å². The van der Waals surface area contributed by atoms with Crippen LogP contribution in [0.3, 0.4) is 0 Å². The third-order valence-corrected chi connectivity index (χ3v) is 2.72. The molecule has 0 atom stereocenters. The fraction of sp³-hybridized carbons (Fsp3) is 0.154. The van der Waals surface area contributed by atoms with Gasteiger partial charge in [-0.3, -0.25) is 4.79 Å². The largest absolute Gasteiger partial charge is 0.480 e. The van der Waals surface area contributed by atoms with Crippen molar-refractivity contribution in [3.8, 4) is 5.88 Å². The summed E-state index contributed by atoms with van der Waals surface area (Å²) in [5.74, 6) is 0.687. The first-order valence-electron chi connectivity index (χ1n) is 5.63. The number of hydrogen-bond donors (Lipinski definition) is 1. The second-order valence-corrected chi connectivity index (χ2v) is 3.90. The van der Waals surface area contributed by atoms with Crippen molar-refractivity contribution in [2.45, 2.75) is 0 Å². The van der Waals surface area contributed by atoms with Gasteiger partial charge in [0.15, 0.2) is 5.82 Å². The van der Waals surface area contributed by atoms with Crippen LogP contribution in [0.4, 0.5) is 11.5 Å². The molecule has 0 bridgehead atoms. The maximum Gasteiger partial charge on any atom is 0.248 e. The standard InChI is InChI=1S/C13H14N4O2/c1-17(11-7-8-12(19-2)16-15-11)10-5-3-9(4-6-10)13(14)18/h3-8H,1-2H3,(H2,14,18). The number of methoxy groups -OCH3 is 1. The third kappa shape index (κ3) is 2.79. The lowest BCUT2D eigenvalue weighted by Gasteiger charge is -2.17. The number of amides is 1. The molecule has 2 aromatic rings. The molecule has 0 unspecified atom stereocenters. The summed E-state index contributed by atoms with van der Waals surface area (Å²) in [6.45, 7) is 0. The lowest BCUT2D eigenvalue weighted by Crippen LogP contribution is -2.13. The Morgan fingerprint density at radius 2 is 1.84 bits per heavy atom. The Bertz CT molecular complexity index is 566. The second kappa shape index (κ2) is 5.34. The molecule has 0 aliphatic rings. The number of anilines is 2. The topological polar surface area (TPSA) is 81.3 Å². The van der Waals surface area contributed by atoms with E-state index in [0.29, 0.717) is 17.3 Å². The highest BCUT2D eigenvalue weighted by Crippen LogP contribution is 2.22. The van der Waals surface area contributed by atoms with Gasteiger partial charge in [-0.1, -0.05) is 0 Å². The van der Waals surface area contributed by atoms with Crippen molar-refractivity contribution < 1.29 is 9.53 Å². The fourth-order valence-corrected chi connectivity index (χ4v) is 1.58. The molecule has 2 N–H and O–H groups in total. The minimum absolute atomic E-state index is 0.446. The Kier molecular flexibility index (Phi) is 3.61. The lowest BCUT2D eigenvalue weighted by molar-refractivity contribution is 0.100. The number of aromatic nitrogens is 2.